The Morgan fingerprint density at radius 1 is 1.47 bits per heavy atom. The first kappa shape index (κ1) is 14.6. The fourth-order valence-electron chi connectivity index (χ4n) is 2.87. The maximum atomic E-state index is 11.3. The highest BCUT2D eigenvalue weighted by Gasteiger charge is 2.19. The zero-order chi connectivity index (χ0) is 13.8. The Hall–Kier alpha value is -0.840. The predicted molar refractivity (Wildman–Crippen MR) is 81.1 cm³/mol. The molecule has 5 heteroatoms. The molecule has 2 rings (SSSR count). The van der Waals surface area contributed by atoms with E-state index in [1.165, 1.54) is 32.1 Å². The molecular weight excluding hydrogens is 258 g/mol. The first-order valence-corrected chi connectivity index (χ1v) is 8.91. The summed E-state index contributed by atoms with van der Waals surface area (Å²) in [5.74, 6) is 1.61. The number of imidazole rings is 1. The lowest BCUT2D eigenvalue weighted by molar-refractivity contribution is 0.355. The number of hydrogen-bond donors (Lipinski definition) is 1. The van der Waals surface area contributed by atoms with Crippen molar-refractivity contribution in [2.75, 3.05) is 17.3 Å². The van der Waals surface area contributed by atoms with Gasteiger partial charge in [0.2, 0.25) is 5.95 Å². The van der Waals surface area contributed by atoms with E-state index in [0.717, 1.165) is 11.6 Å². The Morgan fingerprint density at radius 3 is 2.79 bits per heavy atom. The van der Waals surface area contributed by atoms with Crippen molar-refractivity contribution in [3.63, 3.8) is 0 Å². The van der Waals surface area contributed by atoms with Crippen LogP contribution in [0.5, 0.6) is 0 Å². The summed E-state index contributed by atoms with van der Waals surface area (Å²) >= 11 is 0. The lowest BCUT2D eigenvalue weighted by Gasteiger charge is -2.25. The van der Waals surface area contributed by atoms with Crippen LogP contribution in [0.3, 0.4) is 0 Å². The van der Waals surface area contributed by atoms with Gasteiger partial charge >= 0.3 is 0 Å². The van der Waals surface area contributed by atoms with Gasteiger partial charge in [-0.1, -0.05) is 19.3 Å². The molecule has 0 amide bonds. The van der Waals surface area contributed by atoms with Gasteiger partial charge in [-0.25, -0.2) is 4.98 Å². The van der Waals surface area contributed by atoms with E-state index < -0.39 is 10.8 Å². The van der Waals surface area contributed by atoms with Gasteiger partial charge in [0.05, 0.1) is 5.69 Å². The summed E-state index contributed by atoms with van der Waals surface area (Å²) in [7, 11) is -0.773. The first-order chi connectivity index (χ1) is 9.06. The van der Waals surface area contributed by atoms with Gasteiger partial charge in [0.25, 0.3) is 0 Å². The molecule has 0 aliphatic heterocycles. The van der Waals surface area contributed by atoms with Crippen LogP contribution in [0.25, 0.3) is 0 Å². The van der Waals surface area contributed by atoms with Crippen LogP contribution < -0.4 is 5.32 Å². The summed E-state index contributed by atoms with van der Waals surface area (Å²) in [4.78, 5) is 4.59. The Labute approximate surface area is 118 Å². The highest BCUT2D eigenvalue weighted by molar-refractivity contribution is 7.84. The zero-order valence-electron chi connectivity index (χ0n) is 12.2. The zero-order valence-corrected chi connectivity index (χ0v) is 13.0. The normalized spacial score (nSPS) is 20.2. The van der Waals surface area contributed by atoms with E-state index in [4.69, 9.17) is 0 Å². The van der Waals surface area contributed by atoms with E-state index in [1.807, 2.05) is 6.92 Å². The highest BCUT2D eigenvalue weighted by Crippen LogP contribution is 2.30. The van der Waals surface area contributed by atoms with E-state index >= 15 is 0 Å². The van der Waals surface area contributed by atoms with Gasteiger partial charge in [-0.05, 0) is 26.7 Å². The Bertz CT molecular complexity index is 438. The minimum atomic E-state index is -0.773. The van der Waals surface area contributed by atoms with Crippen LogP contribution in [0.15, 0.2) is 6.20 Å². The Balaban J connectivity index is 2.08. The fraction of sp³-hybridized carbons (Fsp3) is 0.786. The highest BCUT2D eigenvalue weighted by atomic mass is 32.2. The van der Waals surface area contributed by atoms with Gasteiger partial charge in [0, 0.05) is 41.1 Å². The van der Waals surface area contributed by atoms with Crippen molar-refractivity contribution in [1.82, 2.24) is 9.55 Å². The maximum absolute atomic E-state index is 11.3. The van der Waals surface area contributed by atoms with Crippen molar-refractivity contribution in [2.24, 2.45) is 0 Å². The van der Waals surface area contributed by atoms with Crippen LogP contribution in [0.1, 0.15) is 50.8 Å². The molecule has 1 fully saturated rings. The third kappa shape index (κ3) is 4.06. The number of hydrogen-bond acceptors (Lipinski definition) is 3. The number of nitrogens with one attached hydrogen (secondary N) is 1. The van der Waals surface area contributed by atoms with Crippen LogP contribution in [0.2, 0.25) is 0 Å². The second kappa shape index (κ2) is 6.55. The molecule has 1 aliphatic rings. The number of rotatable bonds is 5. The smallest absolute Gasteiger partial charge is 0.203 e. The average Bonchev–Trinajstić information content (AvgIpc) is 2.70. The van der Waals surface area contributed by atoms with E-state index in [2.05, 4.69) is 28.0 Å². The average molecular weight is 283 g/mol. The molecule has 0 spiro atoms. The van der Waals surface area contributed by atoms with Gasteiger partial charge in [0.15, 0.2) is 0 Å². The molecule has 0 radical (unpaired) electrons. The molecule has 0 aromatic carbocycles. The lowest BCUT2D eigenvalue weighted by atomic mass is 9.95. The molecule has 108 valence electrons. The number of aryl methyl sites for hydroxylation is 1. The SMILES string of the molecule is Cc1cn(C2CCCCC2)c(NC(C)CS(C)=O)n1. The van der Waals surface area contributed by atoms with E-state index in [0.29, 0.717) is 11.8 Å². The Kier molecular flexibility index (Phi) is 5.02. The number of aromatic nitrogens is 2. The first-order valence-electron chi connectivity index (χ1n) is 7.18. The van der Waals surface area contributed by atoms with Crippen LogP contribution in [0.4, 0.5) is 5.95 Å². The molecular formula is C14H25N3OS. The van der Waals surface area contributed by atoms with Gasteiger partial charge in [-0.3, -0.25) is 4.21 Å². The monoisotopic (exact) mass is 283 g/mol. The molecule has 0 saturated heterocycles. The maximum Gasteiger partial charge on any atom is 0.203 e. The van der Waals surface area contributed by atoms with Crippen molar-refractivity contribution >= 4 is 16.7 Å². The summed E-state index contributed by atoms with van der Waals surface area (Å²) in [6.07, 6.45) is 10.4. The minimum Gasteiger partial charge on any atom is -0.352 e. The van der Waals surface area contributed by atoms with Crippen LogP contribution in [-0.2, 0) is 10.8 Å². The third-order valence-corrected chi connectivity index (χ3v) is 4.65. The van der Waals surface area contributed by atoms with Crippen LogP contribution in [0, 0.1) is 6.92 Å². The van der Waals surface area contributed by atoms with Crippen molar-refractivity contribution in [2.45, 2.75) is 58.0 Å². The summed E-state index contributed by atoms with van der Waals surface area (Å²) in [5.41, 5.74) is 1.05. The van der Waals surface area contributed by atoms with Crippen molar-refractivity contribution < 1.29 is 4.21 Å². The van der Waals surface area contributed by atoms with E-state index in [1.54, 1.807) is 6.26 Å². The Morgan fingerprint density at radius 2 is 2.16 bits per heavy atom. The van der Waals surface area contributed by atoms with E-state index in [-0.39, 0.29) is 6.04 Å². The third-order valence-electron chi connectivity index (χ3n) is 3.68. The molecule has 19 heavy (non-hydrogen) atoms. The molecule has 1 aromatic heterocycles. The fourth-order valence-corrected chi connectivity index (χ4v) is 3.66. The summed E-state index contributed by atoms with van der Waals surface area (Å²) in [5, 5.41) is 3.42. The predicted octanol–water partition coefficient (Wildman–Crippen LogP) is 2.88. The summed E-state index contributed by atoms with van der Waals surface area (Å²) < 4.78 is 13.6. The van der Waals surface area contributed by atoms with Crippen molar-refractivity contribution in [1.29, 1.82) is 0 Å². The molecule has 2 atom stereocenters. The number of nitrogens with zero attached hydrogens (tertiary/aromatic N) is 2. The molecule has 1 N–H and O–H groups in total. The summed E-state index contributed by atoms with van der Waals surface area (Å²) in [6, 6.07) is 0.770. The number of anilines is 1. The molecule has 1 saturated carbocycles. The van der Waals surface area contributed by atoms with Gasteiger partial charge < -0.3 is 9.88 Å². The molecule has 1 aromatic rings. The largest absolute Gasteiger partial charge is 0.352 e. The van der Waals surface area contributed by atoms with Crippen LogP contribution in [-0.4, -0.2) is 31.8 Å². The van der Waals surface area contributed by atoms with Gasteiger partial charge in [0.1, 0.15) is 0 Å². The second-order valence-corrected chi connectivity index (χ2v) is 7.17. The standard InChI is InChI=1S/C14H25N3OS/c1-11-9-17(13-7-5-4-6-8-13)14(15-11)16-12(2)10-19(3)18/h9,12-13H,4-8,10H2,1-3H3,(H,15,16). The quantitative estimate of drug-likeness (QED) is 0.904. The molecule has 1 heterocycles. The molecule has 4 nitrogen and oxygen atoms in total. The second-order valence-electron chi connectivity index (χ2n) is 5.69. The van der Waals surface area contributed by atoms with Gasteiger partial charge in [-0.15, -0.1) is 0 Å². The van der Waals surface area contributed by atoms with Crippen LogP contribution >= 0.6 is 0 Å². The molecule has 2 unspecified atom stereocenters. The van der Waals surface area contributed by atoms with E-state index in [9.17, 15) is 4.21 Å². The lowest BCUT2D eigenvalue weighted by Crippen LogP contribution is -2.25. The minimum absolute atomic E-state index is 0.190. The van der Waals surface area contributed by atoms with Gasteiger partial charge in [-0.2, -0.15) is 0 Å². The molecule has 1 aliphatic carbocycles. The topological polar surface area (TPSA) is 46.9 Å². The van der Waals surface area contributed by atoms with Crippen molar-refractivity contribution in [3.05, 3.63) is 11.9 Å². The molecule has 0 bridgehead atoms. The summed E-state index contributed by atoms with van der Waals surface area (Å²) in [6.45, 7) is 4.10. The van der Waals surface area contributed by atoms with Crippen molar-refractivity contribution in [3.8, 4) is 0 Å².